The fraction of sp³-hybridized carbons (Fsp3) is 0.0345. The topological polar surface area (TPSA) is 52.6 Å². The number of hydrogen-bond acceptors (Lipinski definition) is 4. The van der Waals surface area contributed by atoms with Gasteiger partial charge in [0, 0.05) is 0 Å². The first kappa shape index (κ1) is 27.6. The molecular formula is C29H12F8O4. The van der Waals surface area contributed by atoms with E-state index in [4.69, 9.17) is 9.47 Å². The maximum atomic E-state index is 14.0. The average Bonchev–Trinajstić information content (AvgIpc) is 2.94. The number of carbonyl (C=O) groups is 2. The summed E-state index contributed by atoms with van der Waals surface area (Å²) in [5, 5.41) is 2.21. The fourth-order valence-electron chi connectivity index (χ4n) is 4.19. The zero-order chi connectivity index (χ0) is 29.7. The maximum absolute atomic E-state index is 14.0. The Labute approximate surface area is 224 Å². The van der Waals surface area contributed by atoms with Gasteiger partial charge < -0.3 is 9.47 Å². The van der Waals surface area contributed by atoms with Crippen LogP contribution in [-0.2, 0) is 0 Å². The average molecular weight is 576 g/mol. The summed E-state index contributed by atoms with van der Waals surface area (Å²) in [6.45, 7) is 1.66. The van der Waals surface area contributed by atoms with Crippen molar-refractivity contribution in [1.82, 2.24) is 0 Å². The molecule has 0 aliphatic carbocycles. The number of fused-ring (bicyclic) bond motifs is 3. The molecule has 12 heteroatoms. The van der Waals surface area contributed by atoms with Crippen LogP contribution < -0.4 is 9.47 Å². The number of hydrogen-bond donors (Lipinski definition) is 0. The molecule has 4 nitrogen and oxygen atoms in total. The fourth-order valence-corrected chi connectivity index (χ4v) is 4.19. The maximum Gasteiger partial charge on any atom is 0.346 e. The predicted molar refractivity (Wildman–Crippen MR) is 129 cm³/mol. The van der Waals surface area contributed by atoms with Gasteiger partial charge in [0.2, 0.25) is 0 Å². The molecule has 5 aromatic rings. The zero-order valence-corrected chi connectivity index (χ0v) is 20.4. The van der Waals surface area contributed by atoms with Crippen LogP contribution in [-0.4, -0.2) is 11.9 Å². The third kappa shape index (κ3) is 4.81. The predicted octanol–water partition coefficient (Wildman–Crippen LogP) is 7.85. The minimum absolute atomic E-state index is 0.124. The van der Waals surface area contributed by atoms with E-state index in [1.807, 2.05) is 0 Å². The molecule has 0 aliphatic heterocycles. The molecule has 5 aromatic carbocycles. The molecular weight excluding hydrogens is 564 g/mol. The SMILES string of the molecule is Cc1cc2cc(OC(=O)c3cc(F)c(F)c(F)c3F)ccc2c2ccc(OC(=O)c3cc(F)c(F)c(F)c3F)cc12. The van der Waals surface area contributed by atoms with Crippen LogP contribution in [0, 0.1) is 53.5 Å². The van der Waals surface area contributed by atoms with Crippen molar-refractivity contribution >= 4 is 33.5 Å². The number of ether oxygens (including phenoxy) is 2. The number of halogens is 8. The van der Waals surface area contributed by atoms with Crippen LogP contribution in [0.4, 0.5) is 35.1 Å². The summed E-state index contributed by atoms with van der Waals surface area (Å²) < 4.78 is 118. The molecule has 0 fully saturated rings. The molecule has 0 heterocycles. The molecule has 0 aromatic heterocycles. The monoisotopic (exact) mass is 576 g/mol. The Kier molecular flexibility index (Phi) is 6.85. The van der Waals surface area contributed by atoms with E-state index in [-0.39, 0.29) is 23.6 Å². The van der Waals surface area contributed by atoms with E-state index in [2.05, 4.69) is 0 Å². The number of carbonyl (C=O) groups excluding carboxylic acids is 2. The lowest BCUT2D eigenvalue weighted by Crippen LogP contribution is -2.14. The van der Waals surface area contributed by atoms with Gasteiger partial charge in [0.05, 0.1) is 0 Å². The Morgan fingerprint density at radius 2 is 0.976 bits per heavy atom. The second kappa shape index (κ2) is 10.2. The number of aryl methyl sites for hydroxylation is 1. The molecule has 41 heavy (non-hydrogen) atoms. The number of rotatable bonds is 4. The molecule has 0 aliphatic rings. The molecule has 0 saturated carbocycles. The van der Waals surface area contributed by atoms with Gasteiger partial charge in [0.25, 0.3) is 0 Å². The molecule has 0 radical (unpaired) electrons. The van der Waals surface area contributed by atoms with E-state index < -0.39 is 69.6 Å². The van der Waals surface area contributed by atoms with Crippen molar-refractivity contribution in [2.24, 2.45) is 0 Å². The molecule has 0 N–H and O–H groups in total. The van der Waals surface area contributed by atoms with E-state index in [1.54, 1.807) is 13.0 Å². The standard InChI is InChI=1S/C29H12F8O4/c1-11-6-12-7-13(40-28(38)18-9-20(30)24(34)26(36)22(18)32)2-4-15(12)16-5-3-14(8-17(11)16)41-29(39)19-10-21(31)25(35)27(37)23(19)33/h2-10H,1H3. The quantitative estimate of drug-likeness (QED) is 0.0546. The molecule has 5 rings (SSSR count). The first-order valence-electron chi connectivity index (χ1n) is 11.4. The van der Waals surface area contributed by atoms with Gasteiger partial charge in [-0.2, -0.15) is 0 Å². The molecule has 0 amide bonds. The highest BCUT2D eigenvalue weighted by Crippen LogP contribution is 2.34. The Bertz CT molecular complexity index is 1940. The van der Waals surface area contributed by atoms with Gasteiger partial charge in [-0.05, 0) is 70.4 Å². The second-order valence-corrected chi connectivity index (χ2v) is 8.76. The van der Waals surface area contributed by atoms with Gasteiger partial charge in [-0.25, -0.2) is 44.7 Å². The van der Waals surface area contributed by atoms with Crippen LogP contribution >= 0.6 is 0 Å². The van der Waals surface area contributed by atoms with E-state index in [9.17, 15) is 44.7 Å². The van der Waals surface area contributed by atoms with Crippen molar-refractivity contribution in [3.05, 3.63) is 118 Å². The molecule has 0 atom stereocenters. The smallest absolute Gasteiger partial charge is 0.346 e. The van der Waals surface area contributed by atoms with Crippen LogP contribution in [0.25, 0.3) is 21.5 Å². The Morgan fingerprint density at radius 3 is 1.49 bits per heavy atom. The van der Waals surface area contributed by atoms with Crippen LogP contribution in [0.5, 0.6) is 11.5 Å². The van der Waals surface area contributed by atoms with Crippen molar-refractivity contribution in [3.63, 3.8) is 0 Å². The molecule has 0 saturated heterocycles. The van der Waals surface area contributed by atoms with Gasteiger partial charge in [-0.3, -0.25) is 0 Å². The normalized spacial score (nSPS) is 11.2. The van der Waals surface area contributed by atoms with Crippen LogP contribution in [0.2, 0.25) is 0 Å². The van der Waals surface area contributed by atoms with Crippen molar-refractivity contribution in [1.29, 1.82) is 0 Å². The van der Waals surface area contributed by atoms with Crippen molar-refractivity contribution in [3.8, 4) is 11.5 Å². The van der Waals surface area contributed by atoms with Crippen molar-refractivity contribution < 1.29 is 54.2 Å². The van der Waals surface area contributed by atoms with Crippen molar-refractivity contribution in [2.45, 2.75) is 6.92 Å². The highest BCUT2D eigenvalue weighted by atomic mass is 19.2. The minimum atomic E-state index is -2.16. The highest BCUT2D eigenvalue weighted by Gasteiger charge is 2.26. The number of esters is 2. The Hall–Kier alpha value is -5.00. The third-order valence-corrected chi connectivity index (χ3v) is 6.17. The third-order valence-electron chi connectivity index (χ3n) is 6.17. The Balaban J connectivity index is 1.45. The lowest BCUT2D eigenvalue weighted by atomic mass is 9.97. The minimum Gasteiger partial charge on any atom is -0.423 e. The summed E-state index contributed by atoms with van der Waals surface area (Å²) >= 11 is 0. The molecule has 0 bridgehead atoms. The highest BCUT2D eigenvalue weighted by molar-refractivity contribution is 6.10. The molecule has 0 spiro atoms. The van der Waals surface area contributed by atoms with E-state index >= 15 is 0 Å². The van der Waals surface area contributed by atoms with E-state index in [1.165, 1.54) is 36.4 Å². The summed E-state index contributed by atoms with van der Waals surface area (Å²) in [7, 11) is 0. The zero-order valence-electron chi connectivity index (χ0n) is 20.4. The summed E-state index contributed by atoms with van der Waals surface area (Å²) in [5.41, 5.74) is -1.71. The van der Waals surface area contributed by atoms with Crippen LogP contribution in [0.1, 0.15) is 26.3 Å². The van der Waals surface area contributed by atoms with Gasteiger partial charge in [-0.1, -0.05) is 18.2 Å². The van der Waals surface area contributed by atoms with Gasteiger partial charge in [-0.15, -0.1) is 0 Å². The summed E-state index contributed by atoms with van der Waals surface area (Å²) in [6.07, 6.45) is 0. The van der Waals surface area contributed by atoms with Crippen LogP contribution in [0.15, 0.2) is 54.6 Å². The summed E-state index contributed by atoms with van der Waals surface area (Å²) in [6, 6.07) is 10.4. The first-order chi connectivity index (χ1) is 19.4. The lowest BCUT2D eigenvalue weighted by molar-refractivity contribution is 0.0718. The van der Waals surface area contributed by atoms with E-state index in [0.717, 1.165) is 0 Å². The summed E-state index contributed by atoms with van der Waals surface area (Å²) in [4.78, 5) is 24.7. The van der Waals surface area contributed by atoms with Gasteiger partial charge in [0.15, 0.2) is 46.5 Å². The number of benzene rings is 5. The Morgan fingerprint density at radius 1 is 0.512 bits per heavy atom. The van der Waals surface area contributed by atoms with Crippen molar-refractivity contribution in [2.75, 3.05) is 0 Å². The molecule has 208 valence electrons. The van der Waals surface area contributed by atoms with Gasteiger partial charge in [0.1, 0.15) is 22.6 Å². The first-order valence-corrected chi connectivity index (χ1v) is 11.4. The van der Waals surface area contributed by atoms with Gasteiger partial charge >= 0.3 is 11.9 Å². The van der Waals surface area contributed by atoms with Crippen LogP contribution in [0.3, 0.4) is 0 Å². The largest absolute Gasteiger partial charge is 0.423 e. The molecule has 0 unspecified atom stereocenters. The van der Waals surface area contributed by atoms with E-state index in [0.29, 0.717) is 27.1 Å². The summed E-state index contributed by atoms with van der Waals surface area (Å²) in [5.74, 6) is -19.0. The lowest BCUT2D eigenvalue weighted by Gasteiger charge is -2.12. The second-order valence-electron chi connectivity index (χ2n) is 8.76.